The Bertz CT molecular complexity index is 1380. The second-order valence-electron chi connectivity index (χ2n) is 9.07. The highest BCUT2D eigenvalue weighted by Crippen LogP contribution is 2.29. The third-order valence-corrected chi connectivity index (χ3v) is 9.65. The smallest absolute Gasteiger partial charge is 0.329 e. The lowest BCUT2D eigenvalue weighted by Crippen LogP contribution is -2.34. The highest BCUT2D eigenvalue weighted by Gasteiger charge is 2.29. The Morgan fingerprint density at radius 1 is 1.03 bits per heavy atom. The molecule has 0 unspecified atom stereocenters. The van der Waals surface area contributed by atoms with E-state index in [0.29, 0.717) is 17.2 Å². The van der Waals surface area contributed by atoms with Gasteiger partial charge in [-0.25, -0.2) is 13.2 Å². The number of aryl methyl sites for hydroxylation is 1. The largest absolute Gasteiger partial charge is 0.480 e. The number of fused-ring (bicyclic) bond motifs is 2. The van der Waals surface area contributed by atoms with Gasteiger partial charge < -0.3 is 15.0 Å². The molecule has 4 aromatic rings. The number of hydrogen-bond acceptors (Lipinski definition) is 5. The third-order valence-electron chi connectivity index (χ3n) is 6.18. The summed E-state index contributed by atoms with van der Waals surface area (Å²) >= 11 is 1.34. The van der Waals surface area contributed by atoms with Gasteiger partial charge in [0.25, 0.3) is 0 Å². The van der Waals surface area contributed by atoms with Crippen molar-refractivity contribution in [2.75, 3.05) is 18.8 Å². The maximum atomic E-state index is 12.6. The van der Waals surface area contributed by atoms with Gasteiger partial charge >= 0.3 is 5.97 Å². The standard InChI is InChI=1S/C26H30N2O4S2/c1-26(2,25(29)30)28-15-12-20-17-19(10-11-22(20)28)7-5-13-27-14-6-16-34(31,32)24-18-21-8-3-4-9-23(21)33-24/h3-4,8-12,15,17-18,27H,5-7,13-14,16H2,1-2H3,(H,29,30). The fourth-order valence-corrected chi connectivity index (χ4v) is 6.93. The number of thiophene rings is 1. The fourth-order valence-electron chi connectivity index (χ4n) is 4.08. The monoisotopic (exact) mass is 498 g/mol. The van der Waals surface area contributed by atoms with Crippen molar-refractivity contribution in [1.29, 1.82) is 0 Å². The molecule has 180 valence electrons. The number of carbonyl (C=O) groups is 1. The molecule has 2 aromatic carbocycles. The van der Waals surface area contributed by atoms with Gasteiger partial charge in [-0.1, -0.05) is 24.3 Å². The molecule has 2 N–H and O–H groups in total. The first-order valence-corrected chi connectivity index (χ1v) is 13.9. The van der Waals surface area contributed by atoms with E-state index in [-0.39, 0.29) is 5.75 Å². The van der Waals surface area contributed by atoms with Crippen LogP contribution in [0.3, 0.4) is 0 Å². The lowest BCUT2D eigenvalue weighted by molar-refractivity contribution is -0.145. The molecule has 0 bridgehead atoms. The summed E-state index contributed by atoms with van der Waals surface area (Å²) in [4.78, 5) is 11.6. The molecule has 0 fully saturated rings. The fraction of sp³-hybridized carbons (Fsp3) is 0.346. The number of aliphatic carboxylic acids is 1. The molecule has 0 aliphatic rings. The molecule has 0 saturated heterocycles. The van der Waals surface area contributed by atoms with E-state index in [9.17, 15) is 18.3 Å². The van der Waals surface area contributed by atoms with Crippen LogP contribution < -0.4 is 5.32 Å². The molecule has 0 saturated carbocycles. The van der Waals surface area contributed by atoms with Gasteiger partial charge in [-0.05, 0) is 92.9 Å². The van der Waals surface area contributed by atoms with Gasteiger partial charge in [0.15, 0.2) is 9.84 Å². The van der Waals surface area contributed by atoms with Crippen LogP contribution in [0.2, 0.25) is 0 Å². The zero-order valence-corrected chi connectivity index (χ0v) is 21.1. The van der Waals surface area contributed by atoms with Crippen molar-refractivity contribution in [3.63, 3.8) is 0 Å². The minimum atomic E-state index is -3.25. The van der Waals surface area contributed by atoms with Crippen molar-refractivity contribution >= 4 is 48.1 Å². The van der Waals surface area contributed by atoms with Crippen LogP contribution in [-0.2, 0) is 26.6 Å². The number of sulfone groups is 1. The molecule has 0 amide bonds. The molecule has 0 radical (unpaired) electrons. The van der Waals surface area contributed by atoms with E-state index in [1.807, 2.05) is 48.7 Å². The number of nitrogens with one attached hydrogen (secondary N) is 1. The van der Waals surface area contributed by atoms with Crippen molar-refractivity contribution in [3.8, 4) is 0 Å². The van der Waals surface area contributed by atoms with Gasteiger partial charge in [0.1, 0.15) is 9.75 Å². The highest BCUT2D eigenvalue weighted by molar-refractivity contribution is 7.93. The summed E-state index contributed by atoms with van der Waals surface area (Å²) in [6, 6.07) is 17.6. The van der Waals surface area contributed by atoms with Crippen LogP contribution in [0.5, 0.6) is 0 Å². The Kier molecular flexibility index (Phi) is 7.12. The van der Waals surface area contributed by atoms with E-state index in [0.717, 1.165) is 40.4 Å². The summed E-state index contributed by atoms with van der Waals surface area (Å²) in [6.07, 6.45) is 4.25. The number of carboxylic acids is 1. The average molecular weight is 499 g/mol. The van der Waals surface area contributed by atoms with Crippen LogP contribution in [0.25, 0.3) is 21.0 Å². The molecule has 2 heterocycles. The summed E-state index contributed by atoms with van der Waals surface area (Å²) in [5, 5.41) is 14.9. The predicted octanol–water partition coefficient (Wildman–Crippen LogP) is 5.06. The normalized spacial score (nSPS) is 12.5. The minimum absolute atomic E-state index is 0.146. The second kappa shape index (κ2) is 9.90. The third kappa shape index (κ3) is 5.19. The first-order valence-electron chi connectivity index (χ1n) is 11.4. The zero-order valence-electron chi connectivity index (χ0n) is 19.5. The molecular weight excluding hydrogens is 468 g/mol. The van der Waals surface area contributed by atoms with E-state index in [1.54, 1.807) is 24.5 Å². The first-order chi connectivity index (χ1) is 16.2. The average Bonchev–Trinajstić information content (AvgIpc) is 3.43. The lowest BCUT2D eigenvalue weighted by Gasteiger charge is -2.23. The number of rotatable bonds is 11. The van der Waals surface area contributed by atoms with Crippen molar-refractivity contribution in [2.45, 2.75) is 42.9 Å². The molecule has 2 aromatic heterocycles. The van der Waals surface area contributed by atoms with Crippen LogP contribution in [0.1, 0.15) is 32.3 Å². The van der Waals surface area contributed by atoms with E-state index in [4.69, 9.17) is 0 Å². The predicted molar refractivity (Wildman–Crippen MR) is 139 cm³/mol. The first kappa shape index (κ1) is 24.4. The van der Waals surface area contributed by atoms with Gasteiger partial charge in [0.05, 0.1) is 5.75 Å². The topological polar surface area (TPSA) is 88.4 Å². The van der Waals surface area contributed by atoms with Crippen LogP contribution >= 0.6 is 11.3 Å². The van der Waals surface area contributed by atoms with Crippen molar-refractivity contribution in [3.05, 3.63) is 66.4 Å². The summed E-state index contributed by atoms with van der Waals surface area (Å²) in [5.74, 6) is -0.718. The van der Waals surface area contributed by atoms with Gasteiger partial charge in [-0.15, -0.1) is 11.3 Å². The van der Waals surface area contributed by atoms with Gasteiger partial charge in [0, 0.05) is 16.4 Å². The number of benzene rings is 2. The van der Waals surface area contributed by atoms with E-state index in [2.05, 4.69) is 11.4 Å². The maximum absolute atomic E-state index is 12.6. The van der Waals surface area contributed by atoms with Gasteiger partial charge in [0.2, 0.25) is 0 Å². The van der Waals surface area contributed by atoms with Crippen molar-refractivity contribution < 1.29 is 18.3 Å². The Balaban J connectivity index is 1.22. The number of carboxylic acid groups (broad SMARTS) is 1. The molecule has 34 heavy (non-hydrogen) atoms. The van der Waals surface area contributed by atoms with Crippen LogP contribution in [0.15, 0.2) is 65.0 Å². The van der Waals surface area contributed by atoms with Crippen molar-refractivity contribution in [2.24, 2.45) is 0 Å². The summed E-state index contributed by atoms with van der Waals surface area (Å²) in [6.45, 7) is 4.87. The molecule has 0 spiro atoms. The molecule has 0 aliphatic heterocycles. The molecule has 8 heteroatoms. The highest BCUT2D eigenvalue weighted by atomic mass is 32.2. The summed E-state index contributed by atoms with van der Waals surface area (Å²) in [7, 11) is -3.25. The number of aromatic nitrogens is 1. The van der Waals surface area contributed by atoms with Crippen LogP contribution in [0.4, 0.5) is 0 Å². The van der Waals surface area contributed by atoms with Gasteiger partial charge in [-0.2, -0.15) is 0 Å². The summed E-state index contributed by atoms with van der Waals surface area (Å²) in [5.41, 5.74) is 1.11. The molecule has 0 aliphatic carbocycles. The van der Waals surface area contributed by atoms with Crippen molar-refractivity contribution in [1.82, 2.24) is 9.88 Å². The van der Waals surface area contributed by atoms with Crippen LogP contribution in [0, 0.1) is 0 Å². The summed E-state index contributed by atoms with van der Waals surface area (Å²) < 4.78 is 28.5. The molecule has 6 nitrogen and oxygen atoms in total. The van der Waals surface area contributed by atoms with E-state index >= 15 is 0 Å². The molecular formula is C26H30N2O4S2. The Labute approximate surface area is 204 Å². The van der Waals surface area contributed by atoms with E-state index in [1.165, 1.54) is 16.9 Å². The maximum Gasteiger partial charge on any atom is 0.329 e. The second-order valence-corrected chi connectivity index (χ2v) is 12.5. The zero-order chi connectivity index (χ0) is 24.3. The van der Waals surface area contributed by atoms with Crippen LogP contribution in [-0.4, -0.2) is 42.9 Å². The number of hydrogen-bond donors (Lipinski definition) is 2. The van der Waals surface area contributed by atoms with E-state index < -0.39 is 21.3 Å². The van der Waals surface area contributed by atoms with Gasteiger partial charge in [-0.3, -0.25) is 0 Å². The Morgan fingerprint density at radius 2 is 1.79 bits per heavy atom. The molecule has 4 rings (SSSR count). The Hall–Kier alpha value is -2.68. The quantitative estimate of drug-likeness (QED) is 0.282. The minimum Gasteiger partial charge on any atom is -0.480 e. The Morgan fingerprint density at radius 3 is 2.56 bits per heavy atom. The molecule has 0 atom stereocenters. The number of nitrogens with zero attached hydrogens (tertiary/aromatic N) is 1. The lowest BCUT2D eigenvalue weighted by atomic mass is 10.0. The SMILES string of the molecule is CC(C)(C(=O)O)n1ccc2cc(CCCNCCCS(=O)(=O)c3cc4ccccc4s3)ccc21.